The molecule has 20 heteroatoms. The van der Waals surface area contributed by atoms with Crippen LogP contribution in [-0.4, -0.2) is 173 Å². The average molecular weight is 1420 g/mol. The molecule has 16 nitrogen and oxygen atoms in total. The van der Waals surface area contributed by atoms with Crippen molar-refractivity contribution < 1.29 is 42.7 Å². The summed E-state index contributed by atoms with van der Waals surface area (Å²) in [5.74, 6) is 2.14. The summed E-state index contributed by atoms with van der Waals surface area (Å²) in [6.07, 6.45) is 10.5. The number of carbonyl (C=O) groups excluding carboxylic acids is 3. The van der Waals surface area contributed by atoms with Crippen LogP contribution in [0.2, 0.25) is 5.02 Å². The number of benzene rings is 6. The maximum atomic E-state index is 12.9. The number of piperazine rings is 3. The van der Waals surface area contributed by atoms with Gasteiger partial charge in [0.2, 0.25) is 5.91 Å². The van der Waals surface area contributed by atoms with E-state index in [-0.39, 0.29) is 35.1 Å². The zero-order chi connectivity index (χ0) is 71.7. The minimum atomic E-state index is -4.41. The van der Waals surface area contributed by atoms with E-state index in [4.69, 9.17) is 21.1 Å². The van der Waals surface area contributed by atoms with E-state index in [1.165, 1.54) is 93.2 Å². The van der Waals surface area contributed by atoms with Crippen LogP contribution in [0, 0.1) is 5.92 Å². The fraction of sp³-hybridized carbons (Fsp3) is 0.519. The van der Waals surface area contributed by atoms with Gasteiger partial charge < -0.3 is 41.0 Å². The summed E-state index contributed by atoms with van der Waals surface area (Å²) >= 11 is 5.91. The van der Waals surface area contributed by atoms with E-state index in [1.54, 1.807) is 26.4 Å². The number of rotatable bonds is 22. The van der Waals surface area contributed by atoms with Gasteiger partial charge in [-0.2, -0.15) is 13.2 Å². The third-order valence-electron chi connectivity index (χ3n) is 20.7. The number of anilines is 3. The van der Waals surface area contributed by atoms with Gasteiger partial charge in [0, 0.05) is 150 Å². The second-order valence-electron chi connectivity index (χ2n) is 29.1. The number of carbonyl (C=O) groups is 3. The van der Waals surface area contributed by atoms with Crippen LogP contribution in [0.3, 0.4) is 0 Å². The number of hydrogen-bond donors (Lipinski definition) is 5. The monoisotopic (exact) mass is 1420 g/mol. The molecule has 101 heavy (non-hydrogen) atoms. The lowest BCUT2D eigenvalue weighted by Crippen LogP contribution is -2.56. The number of halogens is 4. The topological polar surface area (TPSA) is 149 Å². The number of hydrogen-bond acceptors (Lipinski definition) is 11. The van der Waals surface area contributed by atoms with Crippen LogP contribution in [0.4, 0.5) is 39.8 Å². The molecule has 0 spiro atoms. The quantitative estimate of drug-likeness (QED) is 0.0442. The molecular formula is C81H119ClF3N11O5. The first-order valence-corrected chi connectivity index (χ1v) is 37.2. The molecule has 0 radical (unpaired) electrons. The maximum Gasteiger partial charge on any atom is 0.416 e. The lowest BCUT2D eigenvalue weighted by atomic mass is 9.86. The number of urea groups is 2. The summed E-state index contributed by atoms with van der Waals surface area (Å²) in [6, 6.07) is 48.2. The minimum absolute atomic E-state index is 0. The summed E-state index contributed by atoms with van der Waals surface area (Å²) in [6.45, 7) is 25.1. The third-order valence-corrected chi connectivity index (χ3v) is 20.9. The average Bonchev–Trinajstić information content (AvgIpc) is 0.822. The van der Waals surface area contributed by atoms with Crippen LogP contribution < -0.4 is 41.0 Å². The lowest BCUT2D eigenvalue weighted by molar-refractivity contribution is -0.137. The van der Waals surface area contributed by atoms with Crippen LogP contribution >= 0.6 is 11.6 Å². The van der Waals surface area contributed by atoms with Gasteiger partial charge in [-0.25, -0.2) is 9.59 Å². The first kappa shape index (κ1) is 77.8. The lowest BCUT2D eigenvalue weighted by Gasteiger charge is -2.43. The zero-order valence-corrected chi connectivity index (χ0v) is 61.5. The van der Waals surface area contributed by atoms with Crippen molar-refractivity contribution in [3.8, 4) is 11.5 Å². The van der Waals surface area contributed by atoms with Crippen molar-refractivity contribution in [2.75, 3.05) is 128 Å². The molecule has 5 N–H and O–H groups in total. The van der Waals surface area contributed by atoms with Crippen LogP contribution in [0.1, 0.15) is 151 Å². The SMILES string of the molecule is CC(C)CC(CNC(=O)Nc1ccc(Cl)cc1)N1CCN(C2CCCCC2)CC1.COc1ccc(C(CNC(=O)Nc2ccc(C(F)(F)F)cc2)N2CCN(C3CCCCC3)CC2)cc1.COc1ccccc1CC(=O)NCC(c1ccc(C(C)(C)C)cc1)N1CCN(c2ccccc2)CC1.[HH].[HH].[HH].[HH]. The summed E-state index contributed by atoms with van der Waals surface area (Å²) in [7, 11) is 3.27. The van der Waals surface area contributed by atoms with Crippen LogP contribution in [0.5, 0.6) is 11.5 Å². The van der Waals surface area contributed by atoms with E-state index in [1.807, 2.05) is 60.7 Å². The highest BCUT2D eigenvalue weighted by molar-refractivity contribution is 6.30. The van der Waals surface area contributed by atoms with Crippen molar-refractivity contribution in [3.63, 3.8) is 0 Å². The van der Waals surface area contributed by atoms with Gasteiger partial charge in [-0.1, -0.05) is 158 Å². The Bertz CT molecular complexity index is 3440. The number of nitrogens with one attached hydrogen (secondary N) is 5. The van der Waals surface area contributed by atoms with Gasteiger partial charge in [-0.05, 0) is 139 Å². The molecule has 6 aromatic carbocycles. The van der Waals surface area contributed by atoms with Crippen molar-refractivity contribution >= 4 is 46.6 Å². The van der Waals surface area contributed by atoms with E-state index in [9.17, 15) is 27.6 Å². The first-order chi connectivity index (χ1) is 48.7. The standard InChI is InChI=1S/C31H39N3O2.C27H35F3N4O2.C23H37ClN4O.4H2/c1-31(2,3)26-16-14-24(15-17-26)28(23-32-30(35)22-25-10-8-9-13-29(25)36-4)34-20-18-33(19-21-34)27-11-6-5-7-12-27;1-36-24-13-7-20(8-14-24)25(34-17-15-33(16-18-34)23-5-3-2-4-6-23)19-31-26(35)32-22-11-9-21(10-12-22)27(28,29)30;1-18(2)16-22(17-25-23(29)26-20-10-8-19(24)9-11-20)28-14-12-27(13-15-28)21-6-4-3-5-7-21;;;;/h5-17,28H,18-23H2,1-4H3,(H,32,35);7-14,23,25H,2-6,15-19H2,1H3,(H2,31,32,35);8-11,18,21-22H,3-7,12-17H2,1-2H3,(H2,25,26,29);4*1H. The highest BCUT2D eigenvalue weighted by Gasteiger charge is 2.34. The molecule has 5 aliphatic rings. The second kappa shape index (κ2) is 38.8. The van der Waals surface area contributed by atoms with Crippen LogP contribution in [-0.2, 0) is 22.8 Å². The molecule has 3 heterocycles. The molecule has 2 saturated carbocycles. The number of alkyl halides is 3. The van der Waals surface area contributed by atoms with Gasteiger partial charge in [0.15, 0.2) is 0 Å². The van der Waals surface area contributed by atoms with E-state index in [0.29, 0.717) is 54.8 Å². The van der Waals surface area contributed by atoms with E-state index in [2.05, 4.69) is 145 Å². The van der Waals surface area contributed by atoms with Crippen molar-refractivity contribution in [2.24, 2.45) is 5.92 Å². The third kappa shape index (κ3) is 24.4. The summed E-state index contributed by atoms with van der Waals surface area (Å²) in [5.41, 5.74) is 6.24. The van der Waals surface area contributed by atoms with Gasteiger partial charge in [-0.3, -0.25) is 29.3 Å². The Hall–Kier alpha value is -7.39. The fourth-order valence-electron chi connectivity index (χ4n) is 14.9. The summed E-state index contributed by atoms with van der Waals surface area (Å²) in [5, 5.41) is 15.4. The Balaban J connectivity index is 0.000000279. The number of amides is 5. The molecule has 0 bridgehead atoms. The largest absolute Gasteiger partial charge is 0.497 e. The van der Waals surface area contributed by atoms with Gasteiger partial charge in [0.1, 0.15) is 11.5 Å². The molecule has 3 saturated heterocycles. The number of para-hydroxylation sites is 2. The predicted molar refractivity (Wildman–Crippen MR) is 412 cm³/mol. The molecule has 3 atom stereocenters. The molecule has 11 rings (SSSR count). The molecule has 3 aliphatic heterocycles. The second-order valence-corrected chi connectivity index (χ2v) is 29.5. The Labute approximate surface area is 610 Å². The van der Waals surface area contributed by atoms with Gasteiger partial charge in [0.05, 0.1) is 38.3 Å². The molecule has 556 valence electrons. The van der Waals surface area contributed by atoms with Crippen LogP contribution in [0.15, 0.2) is 152 Å². The summed E-state index contributed by atoms with van der Waals surface area (Å²) in [4.78, 5) is 53.1. The number of methoxy groups -OCH3 is 2. The maximum absolute atomic E-state index is 12.9. The Morgan fingerprint density at radius 2 is 0.970 bits per heavy atom. The van der Waals surface area contributed by atoms with Gasteiger partial charge in [0.25, 0.3) is 0 Å². The van der Waals surface area contributed by atoms with Gasteiger partial charge in [-0.15, -0.1) is 0 Å². The van der Waals surface area contributed by atoms with E-state index in [0.717, 1.165) is 131 Å². The van der Waals surface area contributed by atoms with Crippen LogP contribution in [0.25, 0.3) is 0 Å². The molecule has 5 fully saturated rings. The normalized spacial score (nSPS) is 18.2. The number of ether oxygens (including phenoxy) is 2. The zero-order valence-electron chi connectivity index (χ0n) is 60.7. The molecule has 3 unspecified atom stereocenters. The smallest absolute Gasteiger partial charge is 0.416 e. The molecule has 2 aliphatic carbocycles. The van der Waals surface area contributed by atoms with E-state index >= 15 is 0 Å². The highest BCUT2D eigenvalue weighted by Crippen LogP contribution is 2.33. The molecule has 5 amide bonds. The Morgan fingerprint density at radius 3 is 1.47 bits per heavy atom. The Morgan fingerprint density at radius 1 is 0.515 bits per heavy atom. The predicted octanol–water partition coefficient (Wildman–Crippen LogP) is 16.6. The number of nitrogens with zero attached hydrogens (tertiary/aromatic N) is 6. The molecule has 6 aromatic rings. The van der Waals surface area contributed by atoms with Gasteiger partial charge >= 0.3 is 18.2 Å². The van der Waals surface area contributed by atoms with Crippen molar-refractivity contribution in [1.29, 1.82) is 0 Å². The summed E-state index contributed by atoms with van der Waals surface area (Å²) < 4.78 is 49.1. The minimum Gasteiger partial charge on any atom is -0.497 e. The molecule has 0 aromatic heterocycles. The van der Waals surface area contributed by atoms with Crippen molar-refractivity contribution in [2.45, 2.75) is 153 Å². The van der Waals surface area contributed by atoms with Crippen molar-refractivity contribution in [3.05, 3.63) is 184 Å². The first-order valence-electron chi connectivity index (χ1n) is 36.8. The van der Waals surface area contributed by atoms with E-state index < -0.39 is 17.8 Å². The van der Waals surface area contributed by atoms with Crippen molar-refractivity contribution in [1.82, 2.24) is 40.4 Å². The molecular weight excluding hydrogens is 1300 g/mol. The highest BCUT2D eigenvalue weighted by atomic mass is 35.5. The fourth-order valence-corrected chi connectivity index (χ4v) is 15.0. The Kier molecular flexibility index (Phi) is 29.8.